The SMILES string of the molecule is CNc1ccc(/C=N/NC(=O)c2cccc(S(=O)(=O)N3CCCC3)c2)cc1[N+](=O)[O-]. The summed E-state index contributed by atoms with van der Waals surface area (Å²) in [7, 11) is -2.05. The summed E-state index contributed by atoms with van der Waals surface area (Å²) in [5.41, 5.74) is 3.12. The van der Waals surface area contributed by atoms with E-state index in [-0.39, 0.29) is 16.1 Å². The molecule has 0 aliphatic carbocycles. The number of hydrazone groups is 1. The Bertz CT molecular complexity index is 1090. The molecule has 1 saturated heterocycles. The van der Waals surface area contributed by atoms with E-state index < -0.39 is 20.9 Å². The van der Waals surface area contributed by atoms with Gasteiger partial charge in [0.2, 0.25) is 10.0 Å². The molecule has 2 aromatic carbocycles. The molecular formula is C19H21N5O5S. The summed E-state index contributed by atoms with van der Waals surface area (Å²) in [6.45, 7) is 0.947. The first-order chi connectivity index (χ1) is 14.3. The highest BCUT2D eigenvalue weighted by atomic mass is 32.2. The molecule has 11 heteroatoms. The summed E-state index contributed by atoms with van der Waals surface area (Å²) >= 11 is 0. The van der Waals surface area contributed by atoms with E-state index in [0.29, 0.717) is 24.3 Å². The molecule has 10 nitrogen and oxygen atoms in total. The predicted octanol–water partition coefficient (Wildman–Crippen LogP) is 2.18. The Morgan fingerprint density at radius 2 is 1.93 bits per heavy atom. The average Bonchev–Trinajstić information content (AvgIpc) is 3.29. The monoisotopic (exact) mass is 431 g/mol. The molecule has 0 unspecified atom stereocenters. The van der Waals surface area contributed by atoms with E-state index in [1.807, 2.05) is 0 Å². The quantitative estimate of drug-likeness (QED) is 0.392. The van der Waals surface area contributed by atoms with E-state index in [1.54, 1.807) is 13.1 Å². The lowest BCUT2D eigenvalue weighted by Gasteiger charge is -2.15. The number of benzene rings is 2. The molecule has 0 saturated carbocycles. The van der Waals surface area contributed by atoms with Gasteiger partial charge in [0, 0.05) is 37.3 Å². The van der Waals surface area contributed by atoms with E-state index in [2.05, 4.69) is 15.8 Å². The third-order valence-electron chi connectivity index (χ3n) is 4.67. The largest absolute Gasteiger partial charge is 0.383 e. The van der Waals surface area contributed by atoms with Gasteiger partial charge in [-0.2, -0.15) is 9.41 Å². The normalized spacial score (nSPS) is 14.7. The molecule has 1 heterocycles. The van der Waals surface area contributed by atoms with Gasteiger partial charge in [-0.3, -0.25) is 14.9 Å². The van der Waals surface area contributed by atoms with Gasteiger partial charge >= 0.3 is 0 Å². The van der Waals surface area contributed by atoms with Gasteiger partial charge in [0.05, 0.1) is 16.0 Å². The average molecular weight is 431 g/mol. The maximum Gasteiger partial charge on any atom is 0.292 e. The molecule has 30 heavy (non-hydrogen) atoms. The second-order valence-electron chi connectivity index (χ2n) is 6.62. The number of anilines is 1. The number of hydrogen-bond donors (Lipinski definition) is 2. The Kier molecular flexibility index (Phi) is 6.43. The standard InChI is InChI=1S/C19H21N5O5S/c1-20-17-8-7-14(11-18(17)24(26)27)13-21-22-19(25)15-5-4-6-16(12-15)30(28,29)23-9-2-3-10-23/h4-8,11-13,20H,2-3,9-10H2,1H3,(H,22,25)/b21-13+. The van der Waals surface area contributed by atoms with Crippen molar-refractivity contribution in [1.29, 1.82) is 0 Å². The lowest BCUT2D eigenvalue weighted by atomic mass is 10.2. The first-order valence-electron chi connectivity index (χ1n) is 9.23. The maximum absolute atomic E-state index is 12.7. The van der Waals surface area contributed by atoms with Crippen LogP contribution in [0.2, 0.25) is 0 Å². The molecule has 2 N–H and O–H groups in total. The Hall–Kier alpha value is -3.31. The van der Waals surface area contributed by atoms with Crippen molar-refractivity contribution < 1.29 is 18.1 Å². The van der Waals surface area contributed by atoms with Crippen molar-refractivity contribution in [2.24, 2.45) is 5.10 Å². The zero-order valence-electron chi connectivity index (χ0n) is 16.2. The molecule has 1 aliphatic heterocycles. The third-order valence-corrected chi connectivity index (χ3v) is 6.56. The number of rotatable bonds is 7. The Balaban J connectivity index is 1.72. The molecular weight excluding hydrogens is 410 g/mol. The molecule has 0 radical (unpaired) electrons. The van der Waals surface area contributed by atoms with Gasteiger partial charge in [0.15, 0.2) is 0 Å². The number of nitro benzene ring substituents is 1. The lowest BCUT2D eigenvalue weighted by molar-refractivity contribution is -0.383. The van der Waals surface area contributed by atoms with E-state index in [1.165, 1.54) is 46.9 Å². The minimum absolute atomic E-state index is 0.0549. The van der Waals surface area contributed by atoms with Crippen LogP contribution < -0.4 is 10.7 Å². The van der Waals surface area contributed by atoms with Crippen LogP contribution in [-0.4, -0.2) is 49.9 Å². The molecule has 1 fully saturated rings. The van der Waals surface area contributed by atoms with Crippen molar-refractivity contribution in [3.8, 4) is 0 Å². The minimum atomic E-state index is -3.63. The fourth-order valence-electron chi connectivity index (χ4n) is 3.10. The molecule has 158 valence electrons. The second kappa shape index (κ2) is 9.01. The number of nitro groups is 1. The van der Waals surface area contributed by atoms with Crippen LogP contribution in [0.1, 0.15) is 28.8 Å². The Morgan fingerprint density at radius 1 is 1.20 bits per heavy atom. The van der Waals surface area contributed by atoms with Crippen LogP contribution in [0.5, 0.6) is 0 Å². The van der Waals surface area contributed by atoms with E-state index in [0.717, 1.165) is 12.8 Å². The molecule has 0 aromatic heterocycles. The molecule has 1 amide bonds. The van der Waals surface area contributed by atoms with E-state index >= 15 is 0 Å². The molecule has 2 aromatic rings. The van der Waals surface area contributed by atoms with Gasteiger partial charge in [0.1, 0.15) is 5.69 Å². The number of nitrogens with zero attached hydrogens (tertiary/aromatic N) is 3. The summed E-state index contributed by atoms with van der Waals surface area (Å²) in [5.74, 6) is -0.592. The number of sulfonamides is 1. The highest BCUT2D eigenvalue weighted by molar-refractivity contribution is 7.89. The minimum Gasteiger partial charge on any atom is -0.383 e. The molecule has 1 aliphatic rings. The van der Waals surface area contributed by atoms with E-state index in [4.69, 9.17) is 0 Å². The highest BCUT2D eigenvalue weighted by Crippen LogP contribution is 2.24. The van der Waals surface area contributed by atoms with Crippen molar-refractivity contribution >= 4 is 33.5 Å². The summed E-state index contributed by atoms with van der Waals surface area (Å²) in [6, 6.07) is 10.2. The molecule has 3 rings (SSSR count). The maximum atomic E-state index is 12.7. The summed E-state index contributed by atoms with van der Waals surface area (Å²) in [4.78, 5) is 23.0. The molecule has 0 spiro atoms. The van der Waals surface area contributed by atoms with Crippen LogP contribution in [0.4, 0.5) is 11.4 Å². The van der Waals surface area contributed by atoms with Crippen LogP contribution in [0, 0.1) is 10.1 Å². The van der Waals surface area contributed by atoms with Crippen molar-refractivity contribution in [1.82, 2.24) is 9.73 Å². The first-order valence-corrected chi connectivity index (χ1v) is 10.7. The van der Waals surface area contributed by atoms with Gasteiger partial charge in [-0.25, -0.2) is 13.8 Å². The van der Waals surface area contributed by atoms with E-state index in [9.17, 15) is 23.3 Å². The fraction of sp³-hybridized carbons (Fsp3) is 0.263. The van der Waals surface area contributed by atoms with Crippen molar-refractivity contribution in [2.45, 2.75) is 17.7 Å². The second-order valence-corrected chi connectivity index (χ2v) is 8.56. The van der Waals surface area contributed by atoms with Crippen LogP contribution in [0.15, 0.2) is 52.5 Å². The predicted molar refractivity (Wildman–Crippen MR) is 112 cm³/mol. The van der Waals surface area contributed by atoms with Crippen LogP contribution in [-0.2, 0) is 10.0 Å². The van der Waals surface area contributed by atoms with Gasteiger partial charge in [-0.1, -0.05) is 12.1 Å². The Labute approximate surface area is 173 Å². The smallest absolute Gasteiger partial charge is 0.292 e. The van der Waals surface area contributed by atoms with Crippen LogP contribution in [0.3, 0.4) is 0 Å². The Morgan fingerprint density at radius 3 is 2.60 bits per heavy atom. The molecule has 0 bridgehead atoms. The highest BCUT2D eigenvalue weighted by Gasteiger charge is 2.27. The summed E-state index contributed by atoms with van der Waals surface area (Å²) in [5, 5.41) is 17.7. The zero-order chi connectivity index (χ0) is 21.7. The van der Waals surface area contributed by atoms with Gasteiger partial charge in [-0.05, 0) is 37.1 Å². The first kappa shape index (κ1) is 21.4. The van der Waals surface area contributed by atoms with Crippen LogP contribution in [0.25, 0.3) is 0 Å². The third kappa shape index (κ3) is 4.63. The van der Waals surface area contributed by atoms with Gasteiger partial charge in [-0.15, -0.1) is 0 Å². The lowest BCUT2D eigenvalue weighted by Crippen LogP contribution is -2.28. The van der Waals surface area contributed by atoms with Crippen molar-refractivity contribution in [3.63, 3.8) is 0 Å². The molecule has 0 atom stereocenters. The van der Waals surface area contributed by atoms with Crippen molar-refractivity contribution in [3.05, 3.63) is 63.7 Å². The summed E-state index contributed by atoms with van der Waals surface area (Å²) < 4.78 is 26.7. The summed E-state index contributed by atoms with van der Waals surface area (Å²) in [6.07, 6.45) is 2.92. The zero-order valence-corrected chi connectivity index (χ0v) is 17.1. The van der Waals surface area contributed by atoms with Gasteiger partial charge < -0.3 is 5.32 Å². The fourth-order valence-corrected chi connectivity index (χ4v) is 4.66. The number of carbonyl (C=O) groups is 1. The number of nitrogens with one attached hydrogen (secondary N) is 2. The topological polar surface area (TPSA) is 134 Å². The number of carbonyl (C=O) groups excluding carboxylic acids is 1. The van der Waals surface area contributed by atoms with Gasteiger partial charge in [0.25, 0.3) is 11.6 Å². The van der Waals surface area contributed by atoms with Crippen LogP contribution >= 0.6 is 0 Å². The van der Waals surface area contributed by atoms with Crippen molar-refractivity contribution in [2.75, 3.05) is 25.5 Å². The number of hydrogen-bond acceptors (Lipinski definition) is 7. The number of amides is 1.